The average molecular weight is 219 g/mol. The van der Waals surface area contributed by atoms with Crippen molar-refractivity contribution in [2.24, 2.45) is 0 Å². The third kappa shape index (κ3) is 10.1. The van der Waals surface area contributed by atoms with E-state index in [1.54, 1.807) is 0 Å². The summed E-state index contributed by atoms with van der Waals surface area (Å²) in [7, 11) is 0. The molecule has 0 aromatic rings. The van der Waals surface area contributed by atoms with Gasteiger partial charge in [0.05, 0.1) is 19.8 Å². The van der Waals surface area contributed by atoms with E-state index in [0.717, 1.165) is 13.0 Å². The fourth-order valence-corrected chi connectivity index (χ4v) is 1.29. The highest BCUT2D eigenvalue weighted by molar-refractivity contribution is 4.67. The molecule has 0 bridgehead atoms. The molecule has 0 aliphatic heterocycles. The van der Waals surface area contributed by atoms with Crippen LogP contribution in [-0.4, -0.2) is 50.2 Å². The fourth-order valence-electron chi connectivity index (χ4n) is 1.29. The monoisotopic (exact) mass is 219 g/mol. The Kier molecular flexibility index (Phi) is 10.3. The van der Waals surface area contributed by atoms with E-state index in [1.807, 2.05) is 6.92 Å². The van der Waals surface area contributed by atoms with Crippen LogP contribution < -0.4 is 5.32 Å². The maximum absolute atomic E-state index is 9.07. The summed E-state index contributed by atoms with van der Waals surface area (Å²) in [6.07, 6.45) is 0.834. The van der Waals surface area contributed by atoms with Crippen LogP contribution in [0, 0.1) is 0 Å². The highest BCUT2D eigenvalue weighted by Crippen LogP contribution is 1.94. The molecule has 0 heterocycles. The van der Waals surface area contributed by atoms with Crippen molar-refractivity contribution in [1.82, 2.24) is 5.32 Å². The minimum Gasteiger partial charge on any atom is -0.395 e. The smallest absolute Gasteiger partial charge is 0.0700 e. The van der Waals surface area contributed by atoms with E-state index in [-0.39, 0.29) is 12.6 Å². The lowest BCUT2D eigenvalue weighted by molar-refractivity contribution is 0.0464. The Hall–Kier alpha value is -0.160. The van der Waals surface area contributed by atoms with Crippen molar-refractivity contribution in [3.63, 3.8) is 0 Å². The first kappa shape index (κ1) is 14.8. The number of aliphatic hydroxyl groups is 1. The summed E-state index contributed by atoms with van der Waals surface area (Å²) < 4.78 is 10.5. The molecule has 0 aromatic heterocycles. The molecule has 0 aliphatic carbocycles. The van der Waals surface area contributed by atoms with E-state index in [1.165, 1.54) is 0 Å². The summed E-state index contributed by atoms with van der Waals surface area (Å²) >= 11 is 0. The Bertz CT molecular complexity index is 131. The van der Waals surface area contributed by atoms with Crippen LogP contribution in [0.5, 0.6) is 0 Å². The van der Waals surface area contributed by atoms with Crippen LogP contribution in [0.3, 0.4) is 0 Å². The number of nitrogens with one attached hydrogen (secondary N) is 1. The first-order valence-corrected chi connectivity index (χ1v) is 5.73. The molecule has 92 valence electrons. The molecule has 15 heavy (non-hydrogen) atoms. The van der Waals surface area contributed by atoms with Crippen molar-refractivity contribution in [1.29, 1.82) is 0 Å². The van der Waals surface area contributed by atoms with Crippen molar-refractivity contribution >= 4 is 0 Å². The van der Waals surface area contributed by atoms with E-state index >= 15 is 0 Å². The summed E-state index contributed by atoms with van der Waals surface area (Å²) in [5.41, 5.74) is 0. The van der Waals surface area contributed by atoms with Gasteiger partial charge in [-0.3, -0.25) is 0 Å². The van der Waals surface area contributed by atoms with Gasteiger partial charge in [0.1, 0.15) is 0 Å². The predicted octanol–water partition coefficient (Wildman–Crippen LogP) is 0.788. The Labute approximate surface area is 93.0 Å². The first-order valence-electron chi connectivity index (χ1n) is 5.73. The summed E-state index contributed by atoms with van der Waals surface area (Å²) in [4.78, 5) is 0. The maximum Gasteiger partial charge on any atom is 0.0700 e. The van der Waals surface area contributed by atoms with Crippen molar-refractivity contribution in [3.05, 3.63) is 0 Å². The fraction of sp³-hybridized carbons (Fsp3) is 1.00. The number of hydrogen-bond acceptors (Lipinski definition) is 4. The van der Waals surface area contributed by atoms with E-state index in [4.69, 9.17) is 14.6 Å². The van der Waals surface area contributed by atoms with Gasteiger partial charge in [0, 0.05) is 25.3 Å². The number of rotatable bonds is 10. The van der Waals surface area contributed by atoms with E-state index < -0.39 is 0 Å². The molecule has 0 aromatic carbocycles. The molecule has 0 saturated heterocycles. The van der Waals surface area contributed by atoms with Crippen LogP contribution in [0.1, 0.15) is 27.2 Å². The minimum absolute atomic E-state index is 0.136. The third-order valence-corrected chi connectivity index (χ3v) is 1.98. The van der Waals surface area contributed by atoms with Gasteiger partial charge in [0.2, 0.25) is 0 Å². The zero-order valence-electron chi connectivity index (χ0n) is 10.2. The van der Waals surface area contributed by atoms with Gasteiger partial charge in [-0.2, -0.15) is 0 Å². The second kappa shape index (κ2) is 10.4. The highest BCUT2D eigenvalue weighted by Gasteiger charge is 2.07. The number of aliphatic hydroxyl groups excluding tert-OH is 1. The number of ether oxygens (including phenoxy) is 2. The molecule has 0 aliphatic rings. The second-order valence-electron chi connectivity index (χ2n) is 3.80. The molecular weight excluding hydrogens is 194 g/mol. The molecule has 0 radical (unpaired) electrons. The molecular formula is C11H25NO3. The molecule has 1 atom stereocenters. The van der Waals surface area contributed by atoms with Crippen LogP contribution >= 0.6 is 0 Å². The zero-order chi connectivity index (χ0) is 11.5. The molecule has 0 fully saturated rings. The van der Waals surface area contributed by atoms with Crippen molar-refractivity contribution < 1.29 is 14.6 Å². The maximum atomic E-state index is 9.07. The third-order valence-electron chi connectivity index (χ3n) is 1.98. The van der Waals surface area contributed by atoms with Gasteiger partial charge in [-0.1, -0.05) is 13.8 Å². The molecule has 0 saturated carbocycles. The van der Waals surface area contributed by atoms with Gasteiger partial charge in [-0.25, -0.2) is 0 Å². The van der Waals surface area contributed by atoms with Gasteiger partial charge in [-0.15, -0.1) is 0 Å². The van der Waals surface area contributed by atoms with E-state index in [0.29, 0.717) is 25.9 Å². The van der Waals surface area contributed by atoms with Crippen LogP contribution in [0.2, 0.25) is 0 Å². The lowest BCUT2D eigenvalue weighted by atomic mass is 10.2. The quantitative estimate of drug-likeness (QED) is 0.533. The zero-order valence-corrected chi connectivity index (χ0v) is 10.2. The van der Waals surface area contributed by atoms with Crippen LogP contribution in [-0.2, 0) is 9.47 Å². The molecule has 4 nitrogen and oxygen atoms in total. The van der Waals surface area contributed by atoms with Crippen LogP contribution in [0.25, 0.3) is 0 Å². The summed E-state index contributed by atoms with van der Waals surface area (Å²) in [6, 6.07) is 0.530. The summed E-state index contributed by atoms with van der Waals surface area (Å²) in [6.45, 7) is 8.94. The summed E-state index contributed by atoms with van der Waals surface area (Å²) in [5.74, 6) is 0. The topological polar surface area (TPSA) is 50.7 Å². The van der Waals surface area contributed by atoms with Gasteiger partial charge in [-0.05, 0) is 13.3 Å². The van der Waals surface area contributed by atoms with Gasteiger partial charge < -0.3 is 19.9 Å². The van der Waals surface area contributed by atoms with Gasteiger partial charge in [0.25, 0.3) is 0 Å². The molecule has 2 N–H and O–H groups in total. The highest BCUT2D eigenvalue weighted by atomic mass is 16.5. The predicted molar refractivity (Wildman–Crippen MR) is 61.1 cm³/mol. The van der Waals surface area contributed by atoms with E-state index in [9.17, 15) is 0 Å². The minimum atomic E-state index is 0.136. The van der Waals surface area contributed by atoms with Crippen LogP contribution in [0.15, 0.2) is 0 Å². The molecule has 0 amide bonds. The van der Waals surface area contributed by atoms with Crippen molar-refractivity contribution in [3.8, 4) is 0 Å². The Morgan fingerprint density at radius 2 is 1.80 bits per heavy atom. The molecule has 0 spiro atoms. The largest absolute Gasteiger partial charge is 0.395 e. The lowest BCUT2D eigenvalue weighted by Gasteiger charge is -2.18. The number of hydrogen-bond donors (Lipinski definition) is 2. The first-order chi connectivity index (χ1) is 7.20. The Morgan fingerprint density at radius 3 is 2.33 bits per heavy atom. The molecule has 0 rings (SSSR count). The molecule has 4 heteroatoms. The van der Waals surface area contributed by atoms with Gasteiger partial charge >= 0.3 is 0 Å². The lowest BCUT2D eigenvalue weighted by Crippen LogP contribution is -2.38. The Morgan fingerprint density at radius 1 is 1.13 bits per heavy atom. The summed E-state index contributed by atoms with van der Waals surface area (Å²) in [5, 5.41) is 12.3. The second-order valence-corrected chi connectivity index (χ2v) is 3.80. The Balaban J connectivity index is 3.30. The van der Waals surface area contributed by atoms with Gasteiger partial charge in [0.15, 0.2) is 0 Å². The standard InChI is InChI=1S/C11H25NO3/c1-4-14-7-8-15-6-5-11(9-13)12-10(2)3/h10-13H,4-9H2,1-3H3. The SMILES string of the molecule is CCOCCOCCC(CO)NC(C)C. The van der Waals surface area contributed by atoms with Crippen LogP contribution in [0.4, 0.5) is 0 Å². The van der Waals surface area contributed by atoms with E-state index in [2.05, 4.69) is 19.2 Å². The van der Waals surface area contributed by atoms with Crippen molar-refractivity contribution in [2.75, 3.05) is 33.0 Å². The molecule has 1 unspecified atom stereocenters. The average Bonchev–Trinajstić information content (AvgIpc) is 2.20. The van der Waals surface area contributed by atoms with Crippen molar-refractivity contribution in [2.45, 2.75) is 39.3 Å². The normalized spacial score (nSPS) is 13.4.